The third kappa shape index (κ3) is 6.35. The number of carbonyl (C=O) groups is 4. The average Bonchev–Trinajstić information content (AvgIpc) is 2.98. The van der Waals surface area contributed by atoms with E-state index in [1.54, 1.807) is 24.3 Å². The molecule has 1 aromatic carbocycles. The monoisotopic (exact) mass is 408 g/mol. The van der Waals surface area contributed by atoms with E-state index in [-0.39, 0.29) is 36.1 Å². The summed E-state index contributed by atoms with van der Waals surface area (Å²) in [6.07, 6.45) is -0.889. The molecule has 9 heteroatoms. The van der Waals surface area contributed by atoms with Crippen LogP contribution in [-0.2, 0) is 25.7 Å². The van der Waals surface area contributed by atoms with E-state index in [1.807, 2.05) is 13.8 Å². The van der Waals surface area contributed by atoms with Crippen molar-refractivity contribution in [2.75, 3.05) is 18.8 Å². The van der Waals surface area contributed by atoms with Crippen molar-refractivity contribution in [3.05, 3.63) is 35.4 Å². The molecule has 1 N–H and O–H groups in total. The standard InChI is InChI=1S/C19H24N2O6S/c1-12(2)26-10-14-4-6-15(7-5-14)18(24)27-13(3)17(23)20-8-9-21-16(22)11-28-19(21)25/h4-7,12-13H,8-11H2,1-3H3,(H,20,23)/t13-/m0/s1. The summed E-state index contributed by atoms with van der Waals surface area (Å²) in [5.74, 6) is -1.25. The van der Waals surface area contributed by atoms with E-state index in [4.69, 9.17) is 9.47 Å². The highest BCUT2D eigenvalue weighted by atomic mass is 32.2. The van der Waals surface area contributed by atoms with Crippen LogP contribution in [0.5, 0.6) is 0 Å². The Kier molecular flexibility index (Phi) is 8.01. The maximum absolute atomic E-state index is 12.2. The molecule has 0 bridgehead atoms. The predicted octanol–water partition coefficient (Wildman–Crippen LogP) is 1.97. The van der Waals surface area contributed by atoms with Gasteiger partial charge in [0.2, 0.25) is 5.91 Å². The van der Waals surface area contributed by atoms with Crippen LogP contribution >= 0.6 is 11.8 Å². The maximum atomic E-state index is 12.2. The van der Waals surface area contributed by atoms with Gasteiger partial charge in [-0.05, 0) is 38.5 Å². The molecule has 0 saturated carbocycles. The number of rotatable bonds is 9. The lowest BCUT2D eigenvalue weighted by Crippen LogP contribution is -2.41. The number of imide groups is 1. The van der Waals surface area contributed by atoms with Crippen molar-refractivity contribution in [2.45, 2.75) is 39.6 Å². The molecule has 0 radical (unpaired) electrons. The molecule has 1 aliphatic heterocycles. The quantitative estimate of drug-likeness (QED) is 0.623. The van der Waals surface area contributed by atoms with Crippen LogP contribution in [0.15, 0.2) is 24.3 Å². The highest BCUT2D eigenvalue weighted by molar-refractivity contribution is 8.14. The minimum absolute atomic E-state index is 0.0942. The molecule has 1 fully saturated rings. The summed E-state index contributed by atoms with van der Waals surface area (Å²) < 4.78 is 10.7. The largest absolute Gasteiger partial charge is 0.449 e. The van der Waals surface area contributed by atoms with Crippen molar-refractivity contribution in [2.24, 2.45) is 0 Å². The fourth-order valence-electron chi connectivity index (χ4n) is 2.31. The zero-order valence-electron chi connectivity index (χ0n) is 16.1. The van der Waals surface area contributed by atoms with Gasteiger partial charge >= 0.3 is 5.97 Å². The van der Waals surface area contributed by atoms with Crippen molar-refractivity contribution >= 4 is 34.8 Å². The van der Waals surface area contributed by atoms with Crippen molar-refractivity contribution in [1.29, 1.82) is 0 Å². The van der Waals surface area contributed by atoms with Crippen LogP contribution < -0.4 is 5.32 Å². The Morgan fingerprint density at radius 2 is 1.86 bits per heavy atom. The molecule has 3 amide bonds. The smallest absolute Gasteiger partial charge is 0.338 e. The lowest BCUT2D eigenvalue weighted by molar-refractivity contribution is -0.130. The number of carbonyl (C=O) groups excluding carboxylic acids is 4. The highest BCUT2D eigenvalue weighted by Crippen LogP contribution is 2.17. The first-order valence-electron chi connectivity index (χ1n) is 8.94. The van der Waals surface area contributed by atoms with E-state index < -0.39 is 18.0 Å². The highest BCUT2D eigenvalue weighted by Gasteiger charge is 2.29. The molecular weight excluding hydrogens is 384 g/mol. The third-order valence-electron chi connectivity index (χ3n) is 3.90. The molecule has 1 aromatic rings. The van der Waals surface area contributed by atoms with E-state index in [0.29, 0.717) is 12.2 Å². The van der Waals surface area contributed by atoms with E-state index >= 15 is 0 Å². The summed E-state index contributed by atoms with van der Waals surface area (Å²) in [6.45, 7) is 5.99. The first-order chi connectivity index (χ1) is 13.3. The van der Waals surface area contributed by atoms with Crippen LogP contribution in [0.4, 0.5) is 4.79 Å². The van der Waals surface area contributed by atoms with Crippen LogP contribution in [0.1, 0.15) is 36.7 Å². The Morgan fingerprint density at radius 3 is 2.43 bits per heavy atom. The summed E-state index contributed by atoms with van der Waals surface area (Å²) >= 11 is 0.937. The van der Waals surface area contributed by atoms with Gasteiger partial charge in [-0.15, -0.1) is 0 Å². The third-order valence-corrected chi connectivity index (χ3v) is 4.76. The fraction of sp³-hybridized carbons (Fsp3) is 0.474. The van der Waals surface area contributed by atoms with Gasteiger partial charge in [-0.3, -0.25) is 19.3 Å². The minimum Gasteiger partial charge on any atom is -0.449 e. The molecule has 1 atom stereocenters. The molecule has 1 heterocycles. The molecule has 28 heavy (non-hydrogen) atoms. The van der Waals surface area contributed by atoms with Gasteiger partial charge in [-0.2, -0.15) is 0 Å². The van der Waals surface area contributed by atoms with E-state index in [2.05, 4.69) is 5.32 Å². The van der Waals surface area contributed by atoms with E-state index in [1.165, 1.54) is 6.92 Å². The van der Waals surface area contributed by atoms with Gasteiger partial charge < -0.3 is 14.8 Å². The van der Waals surface area contributed by atoms with Gasteiger partial charge in [0.1, 0.15) is 0 Å². The van der Waals surface area contributed by atoms with Crippen LogP contribution in [0, 0.1) is 0 Å². The number of esters is 1. The summed E-state index contributed by atoms with van der Waals surface area (Å²) in [4.78, 5) is 48.3. The van der Waals surface area contributed by atoms with Crippen LogP contribution in [0.2, 0.25) is 0 Å². The van der Waals surface area contributed by atoms with Crippen molar-refractivity contribution < 1.29 is 28.7 Å². The number of benzene rings is 1. The number of thioether (sulfide) groups is 1. The van der Waals surface area contributed by atoms with E-state index in [9.17, 15) is 19.2 Å². The van der Waals surface area contributed by atoms with Crippen LogP contribution in [0.3, 0.4) is 0 Å². The topological polar surface area (TPSA) is 102 Å². The van der Waals surface area contributed by atoms with Crippen LogP contribution in [0.25, 0.3) is 0 Å². The maximum Gasteiger partial charge on any atom is 0.338 e. The molecule has 0 aromatic heterocycles. The van der Waals surface area contributed by atoms with Crippen LogP contribution in [-0.4, -0.2) is 59.0 Å². The van der Waals surface area contributed by atoms with Crippen molar-refractivity contribution in [1.82, 2.24) is 10.2 Å². The van der Waals surface area contributed by atoms with Gasteiger partial charge in [0.05, 0.1) is 24.0 Å². The molecular formula is C19H24N2O6S. The molecule has 152 valence electrons. The van der Waals surface area contributed by atoms with Crippen molar-refractivity contribution in [3.8, 4) is 0 Å². The number of ether oxygens (including phenoxy) is 2. The SMILES string of the molecule is CC(C)OCc1ccc(C(=O)O[C@@H](C)C(=O)NCCN2C(=O)CSC2=O)cc1. The van der Waals surface area contributed by atoms with Crippen molar-refractivity contribution in [3.63, 3.8) is 0 Å². The van der Waals surface area contributed by atoms with Gasteiger partial charge in [0, 0.05) is 13.1 Å². The lowest BCUT2D eigenvalue weighted by atomic mass is 10.1. The molecule has 8 nitrogen and oxygen atoms in total. The summed E-state index contributed by atoms with van der Waals surface area (Å²) in [6, 6.07) is 6.78. The zero-order chi connectivity index (χ0) is 20.7. The number of amides is 3. The lowest BCUT2D eigenvalue weighted by Gasteiger charge is -2.16. The Bertz CT molecular complexity index is 718. The Morgan fingerprint density at radius 1 is 1.18 bits per heavy atom. The molecule has 0 spiro atoms. The molecule has 2 rings (SSSR count). The average molecular weight is 408 g/mol. The molecule has 1 saturated heterocycles. The van der Waals surface area contributed by atoms with Gasteiger partial charge in [0.25, 0.3) is 11.1 Å². The zero-order valence-corrected chi connectivity index (χ0v) is 16.9. The minimum atomic E-state index is -1.00. The number of hydrogen-bond donors (Lipinski definition) is 1. The normalized spacial score (nSPS) is 15.1. The van der Waals surface area contributed by atoms with Gasteiger partial charge in [0.15, 0.2) is 6.10 Å². The Balaban J connectivity index is 1.77. The summed E-state index contributed by atoms with van der Waals surface area (Å²) in [5, 5.41) is 2.24. The second kappa shape index (κ2) is 10.2. The number of nitrogens with zero attached hydrogens (tertiary/aromatic N) is 1. The second-order valence-electron chi connectivity index (χ2n) is 6.50. The predicted molar refractivity (Wildman–Crippen MR) is 104 cm³/mol. The number of hydrogen-bond acceptors (Lipinski definition) is 7. The first-order valence-corrected chi connectivity index (χ1v) is 9.93. The van der Waals surface area contributed by atoms with Gasteiger partial charge in [-0.1, -0.05) is 23.9 Å². The molecule has 1 aliphatic rings. The first kappa shape index (κ1) is 21.9. The van der Waals surface area contributed by atoms with Gasteiger partial charge in [-0.25, -0.2) is 4.79 Å². The fourth-order valence-corrected chi connectivity index (χ4v) is 3.07. The summed E-state index contributed by atoms with van der Waals surface area (Å²) in [7, 11) is 0. The van der Waals surface area contributed by atoms with E-state index in [0.717, 1.165) is 22.2 Å². The second-order valence-corrected chi connectivity index (χ2v) is 7.42. The number of nitrogens with one attached hydrogen (secondary N) is 1. The summed E-state index contributed by atoms with van der Waals surface area (Å²) in [5.41, 5.74) is 1.26. The Labute approximate surface area is 167 Å². The molecule has 0 unspecified atom stereocenters. The Hall–Kier alpha value is -2.39. The molecule has 0 aliphatic carbocycles.